The smallest absolute Gasteiger partial charge is 0.277 e. The molecule has 0 saturated carbocycles. The molecule has 0 aliphatic heterocycles. The number of anilines is 1. The maximum Gasteiger partial charge on any atom is 0.391 e. The minimum Gasteiger partial charge on any atom is -0.277 e. The highest BCUT2D eigenvalue weighted by Crippen LogP contribution is 2.42. The molecule has 0 saturated heterocycles. The van der Waals surface area contributed by atoms with Crippen LogP contribution in [0, 0.1) is 10.1 Å². The van der Waals surface area contributed by atoms with E-state index in [2.05, 4.69) is 20.7 Å². The summed E-state index contributed by atoms with van der Waals surface area (Å²) in [6, 6.07) is 7.62. The van der Waals surface area contributed by atoms with E-state index in [1.54, 1.807) is 18.2 Å². The van der Waals surface area contributed by atoms with Crippen LogP contribution in [0.15, 0.2) is 52.3 Å². The van der Waals surface area contributed by atoms with Gasteiger partial charge in [-0.2, -0.15) is 8.42 Å². The normalized spacial score (nSPS) is 22.2. The summed E-state index contributed by atoms with van der Waals surface area (Å²) < 4.78 is 41.7. The molecule has 2 rings (SSSR count). The topological polar surface area (TPSA) is 89.3 Å². The Labute approximate surface area is 135 Å². The molecular formula is C13H12BrFN2O4S. The molecule has 1 aliphatic carbocycles. The number of para-hydroxylation sites is 1. The van der Waals surface area contributed by atoms with Gasteiger partial charge in [0, 0.05) is 10.2 Å². The molecule has 0 bridgehead atoms. The Morgan fingerprint density at radius 3 is 2.50 bits per heavy atom. The van der Waals surface area contributed by atoms with Gasteiger partial charge in [-0.1, -0.05) is 34.1 Å². The molecule has 6 nitrogen and oxygen atoms in total. The Morgan fingerprint density at radius 1 is 1.36 bits per heavy atom. The molecule has 0 aromatic heterocycles. The third kappa shape index (κ3) is 2.66. The first-order chi connectivity index (χ1) is 10.2. The van der Waals surface area contributed by atoms with Crippen LogP contribution < -0.4 is 4.72 Å². The molecule has 0 amide bonds. The SMILES string of the molecule is CC1=C(Br)CC([N+](=O)[O-])(S(=O)(=O)Nc2ccccc2)C(F)=C1. The monoisotopic (exact) mass is 390 g/mol. The van der Waals surface area contributed by atoms with Gasteiger partial charge in [-0.25, -0.2) is 4.39 Å². The van der Waals surface area contributed by atoms with E-state index in [0.29, 0.717) is 5.57 Å². The largest absolute Gasteiger partial charge is 0.391 e. The number of hydrogen-bond acceptors (Lipinski definition) is 4. The fourth-order valence-corrected chi connectivity index (χ4v) is 4.20. The number of nitro groups is 1. The number of allylic oxidation sites excluding steroid dienone is 2. The summed E-state index contributed by atoms with van der Waals surface area (Å²) in [4.78, 5) is 7.44. The van der Waals surface area contributed by atoms with Crippen molar-refractivity contribution in [2.45, 2.75) is 18.2 Å². The number of nitrogens with one attached hydrogen (secondary N) is 1. The van der Waals surface area contributed by atoms with Gasteiger partial charge in [-0.05, 0) is 30.7 Å². The van der Waals surface area contributed by atoms with Crippen LogP contribution in [-0.4, -0.2) is 18.2 Å². The first-order valence-corrected chi connectivity index (χ1v) is 8.43. The van der Waals surface area contributed by atoms with Crippen LogP contribution in [0.4, 0.5) is 10.1 Å². The van der Waals surface area contributed by atoms with Crippen molar-refractivity contribution in [3.05, 3.63) is 62.4 Å². The highest BCUT2D eigenvalue weighted by Gasteiger charge is 2.62. The summed E-state index contributed by atoms with van der Waals surface area (Å²) in [7, 11) is -4.66. The molecule has 1 unspecified atom stereocenters. The highest BCUT2D eigenvalue weighted by molar-refractivity contribution is 9.11. The quantitative estimate of drug-likeness (QED) is 0.630. The van der Waals surface area contributed by atoms with Gasteiger partial charge in [-0.3, -0.25) is 14.8 Å². The summed E-state index contributed by atoms with van der Waals surface area (Å²) in [5.41, 5.74) is 0.531. The Bertz CT molecular complexity index is 776. The van der Waals surface area contributed by atoms with E-state index in [1.165, 1.54) is 19.1 Å². The average molecular weight is 391 g/mol. The van der Waals surface area contributed by atoms with E-state index in [4.69, 9.17) is 0 Å². The molecule has 0 fully saturated rings. The molecular weight excluding hydrogens is 379 g/mol. The number of nitrogens with zero attached hydrogens (tertiary/aromatic N) is 1. The lowest BCUT2D eigenvalue weighted by atomic mass is 10.0. The Kier molecular flexibility index (Phi) is 4.39. The standard InChI is InChI=1S/C13H12BrFN2O4S/c1-9-7-12(15)13(17(18)19,8-11(9)14)22(20,21)16-10-5-3-2-4-6-10/h2-7,16H,8H2,1H3. The zero-order valence-electron chi connectivity index (χ0n) is 11.4. The second-order valence-corrected chi connectivity index (χ2v) is 7.61. The number of halogens is 2. The van der Waals surface area contributed by atoms with Crippen LogP contribution in [0.1, 0.15) is 13.3 Å². The lowest BCUT2D eigenvalue weighted by molar-refractivity contribution is -0.532. The maximum absolute atomic E-state index is 14.3. The van der Waals surface area contributed by atoms with Gasteiger partial charge in [0.2, 0.25) is 0 Å². The van der Waals surface area contributed by atoms with Crippen LogP contribution in [0.25, 0.3) is 0 Å². The van der Waals surface area contributed by atoms with Gasteiger partial charge in [0.05, 0.1) is 11.3 Å². The first kappa shape index (κ1) is 16.6. The van der Waals surface area contributed by atoms with E-state index in [-0.39, 0.29) is 10.2 Å². The second-order valence-electron chi connectivity index (χ2n) is 4.77. The van der Waals surface area contributed by atoms with E-state index in [1.807, 2.05) is 0 Å². The molecule has 1 atom stereocenters. The summed E-state index contributed by atoms with van der Waals surface area (Å²) in [5.74, 6) is -1.32. The number of hydrogen-bond donors (Lipinski definition) is 1. The van der Waals surface area contributed by atoms with E-state index < -0.39 is 32.1 Å². The van der Waals surface area contributed by atoms with Gasteiger partial charge in [-0.15, -0.1) is 0 Å². The molecule has 1 aromatic rings. The first-order valence-electron chi connectivity index (χ1n) is 6.15. The van der Waals surface area contributed by atoms with Gasteiger partial charge < -0.3 is 0 Å². The van der Waals surface area contributed by atoms with Crippen LogP contribution in [0.2, 0.25) is 0 Å². The van der Waals surface area contributed by atoms with Crippen molar-refractivity contribution in [1.82, 2.24) is 0 Å². The molecule has 22 heavy (non-hydrogen) atoms. The van der Waals surface area contributed by atoms with Gasteiger partial charge >= 0.3 is 14.9 Å². The molecule has 0 spiro atoms. The Morgan fingerprint density at radius 2 is 1.95 bits per heavy atom. The molecule has 0 heterocycles. The van der Waals surface area contributed by atoms with Crippen molar-refractivity contribution in [1.29, 1.82) is 0 Å². The third-order valence-corrected chi connectivity index (χ3v) is 6.09. The van der Waals surface area contributed by atoms with Gasteiger partial charge in [0.25, 0.3) is 0 Å². The predicted octanol–water partition coefficient (Wildman–Crippen LogP) is 3.33. The van der Waals surface area contributed by atoms with E-state index >= 15 is 0 Å². The van der Waals surface area contributed by atoms with Crippen molar-refractivity contribution in [3.8, 4) is 0 Å². The van der Waals surface area contributed by atoms with Crippen molar-refractivity contribution in [2.24, 2.45) is 0 Å². The van der Waals surface area contributed by atoms with Gasteiger partial charge in [0.1, 0.15) is 0 Å². The van der Waals surface area contributed by atoms with E-state index in [9.17, 15) is 22.9 Å². The van der Waals surface area contributed by atoms with Crippen molar-refractivity contribution in [2.75, 3.05) is 4.72 Å². The molecule has 118 valence electrons. The predicted molar refractivity (Wildman–Crippen MR) is 84.1 cm³/mol. The molecule has 1 aromatic carbocycles. The molecule has 9 heteroatoms. The zero-order valence-corrected chi connectivity index (χ0v) is 13.8. The average Bonchev–Trinajstić information content (AvgIpc) is 2.42. The summed E-state index contributed by atoms with van der Waals surface area (Å²) in [5, 5.41) is 11.4. The molecule has 1 N–H and O–H groups in total. The Balaban J connectivity index is 2.54. The Hall–Kier alpha value is -1.74. The van der Waals surface area contributed by atoms with Crippen LogP contribution in [-0.2, 0) is 10.0 Å². The van der Waals surface area contributed by atoms with Crippen LogP contribution in [0.3, 0.4) is 0 Å². The van der Waals surface area contributed by atoms with Crippen LogP contribution in [0.5, 0.6) is 0 Å². The van der Waals surface area contributed by atoms with Crippen molar-refractivity contribution >= 4 is 31.6 Å². The fourth-order valence-electron chi connectivity index (χ4n) is 2.03. The van der Waals surface area contributed by atoms with Gasteiger partial charge in [0.15, 0.2) is 5.83 Å². The lowest BCUT2D eigenvalue weighted by Gasteiger charge is -2.27. The fraction of sp³-hybridized carbons (Fsp3) is 0.231. The number of sulfonamides is 1. The highest BCUT2D eigenvalue weighted by atomic mass is 79.9. The molecule has 0 radical (unpaired) electrons. The lowest BCUT2D eigenvalue weighted by Crippen LogP contribution is -2.51. The third-order valence-electron chi connectivity index (χ3n) is 3.30. The minimum absolute atomic E-state index is 0.124. The summed E-state index contributed by atoms with van der Waals surface area (Å²) in [6.07, 6.45) is 0.247. The summed E-state index contributed by atoms with van der Waals surface area (Å²) in [6.45, 7) is 1.53. The van der Waals surface area contributed by atoms with Crippen molar-refractivity contribution < 1.29 is 17.7 Å². The maximum atomic E-state index is 14.3. The second kappa shape index (κ2) is 5.81. The number of rotatable bonds is 4. The zero-order chi connectivity index (χ0) is 16.5. The number of benzene rings is 1. The van der Waals surface area contributed by atoms with Crippen LogP contribution >= 0.6 is 15.9 Å². The minimum atomic E-state index is -4.66. The summed E-state index contributed by atoms with van der Waals surface area (Å²) >= 11 is 3.07. The molecule has 1 aliphatic rings. The van der Waals surface area contributed by atoms with E-state index in [0.717, 1.165) is 6.08 Å². The van der Waals surface area contributed by atoms with Crippen molar-refractivity contribution in [3.63, 3.8) is 0 Å².